The molecule has 1 saturated heterocycles. The quantitative estimate of drug-likeness (QED) is 0.586. The minimum atomic E-state index is 0.356. The zero-order valence-corrected chi connectivity index (χ0v) is 15.5. The fourth-order valence-electron chi connectivity index (χ4n) is 3.60. The number of hydrogen-bond donors (Lipinski definition) is 1. The third kappa shape index (κ3) is 3.01. The van der Waals surface area contributed by atoms with Gasteiger partial charge in [0.15, 0.2) is 0 Å². The Hall–Kier alpha value is -3.26. The lowest BCUT2D eigenvalue weighted by atomic mass is 10.1. The van der Waals surface area contributed by atoms with E-state index in [0.717, 1.165) is 53.6 Å². The molecule has 0 spiro atoms. The zero-order chi connectivity index (χ0) is 18.9. The van der Waals surface area contributed by atoms with Crippen LogP contribution in [-0.2, 0) is 4.74 Å². The Bertz CT molecular complexity index is 1140. The second-order valence-corrected chi connectivity index (χ2v) is 6.79. The number of hydrogen-bond acceptors (Lipinski definition) is 7. The van der Waals surface area contributed by atoms with Gasteiger partial charge in [-0.1, -0.05) is 6.07 Å². The summed E-state index contributed by atoms with van der Waals surface area (Å²) in [4.78, 5) is 13.0. The van der Waals surface area contributed by atoms with E-state index in [9.17, 15) is 0 Å². The molecule has 3 aromatic heterocycles. The molecule has 4 heterocycles. The molecule has 28 heavy (non-hydrogen) atoms. The predicted molar refractivity (Wildman–Crippen MR) is 106 cm³/mol. The summed E-state index contributed by atoms with van der Waals surface area (Å²) in [5.74, 6) is 1.20. The largest absolute Gasteiger partial charge is 0.480 e. The molecule has 0 unspecified atom stereocenters. The van der Waals surface area contributed by atoms with Crippen LogP contribution < -0.4 is 10.1 Å². The van der Waals surface area contributed by atoms with Gasteiger partial charge in [-0.15, -0.1) is 5.10 Å². The van der Waals surface area contributed by atoms with Gasteiger partial charge < -0.3 is 14.8 Å². The van der Waals surface area contributed by atoms with Crippen LogP contribution in [0.4, 0.5) is 5.95 Å². The minimum Gasteiger partial charge on any atom is -0.480 e. The number of aromatic nitrogens is 5. The van der Waals surface area contributed by atoms with Gasteiger partial charge in [-0.2, -0.15) is 0 Å². The number of rotatable bonds is 4. The zero-order valence-electron chi connectivity index (χ0n) is 15.5. The molecule has 8 nitrogen and oxygen atoms in total. The van der Waals surface area contributed by atoms with Crippen LogP contribution >= 0.6 is 0 Å². The molecule has 1 aliphatic rings. The summed E-state index contributed by atoms with van der Waals surface area (Å²) in [5.41, 5.74) is 3.87. The van der Waals surface area contributed by atoms with Crippen molar-refractivity contribution in [2.24, 2.45) is 0 Å². The van der Waals surface area contributed by atoms with Gasteiger partial charge in [-0.3, -0.25) is 0 Å². The number of benzene rings is 1. The van der Waals surface area contributed by atoms with Gasteiger partial charge in [-0.05, 0) is 36.6 Å². The summed E-state index contributed by atoms with van der Waals surface area (Å²) >= 11 is 0. The highest BCUT2D eigenvalue weighted by molar-refractivity contribution is 5.91. The molecule has 5 rings (SSSR count). The van der Waals surface area contributed by atoms with E-state index in [1.807, 2.05) is 41.2 Å². The molecule has 0 amide bonds. The van der Waals surface area contributed by atoms with Gasteiger partial charge in [-0.25, -0.2) is 19.5 Å². The van der Waals surface area contributed by atoms with E-state index in [2.05, 4.69) is 25.4 Å². The number of ether oxygens (including phenoxy) is 2. The molecule has 1 fully saturated rings. The molecule has 0 atom stereocenters. The number of fused-ring (bicyclic) bond motifs is 2. The van der Waals surface area contributed by atoms with Crippen molar-refractivity contribution in [2.45, 2.75) is 18.9 Å². The molecule has 0 radical (unpaired) electrons. The molecule has 0 aliphatic carbocycles. The average Bonchev–Trinajstić information content (AvgIpc) is 3.17. The van der Waals surface area contributed by atoms with Crippen molar-refractivity contribution in [1.82, 2.24) is 24.6 Å². The van der Waals surface area contributed by atoms with Crippen molar-refractivity contribution >= 4 is 22.4 Å². The highest BCUT2D eigenvalue weighted by Gasteiger charge is 2.16. The van der Waals surface area contributed by atoms with Crippen LogP contribution in [0.2, 0.25) is 0 Å². The SMILES string of the molecule is COc1ncnc2ccc(-c3ccn4nc(NC5CCOCC5)ncc34)cc12. The molecular weight excluding hydrogens is 356 g/mol. The predicted octanol–water partition coefficient (Wildman–Crippen LogP) is 2.94. The Morgan fingerprint density at radius 2 is 2.04 bits per heavy atom. The van der Waals surface area contributed by atoms with Gasteiger partial charge in [0.05, 0.1) is 29.7 Å². The first-order valence-corrected chi connectivity index (χ1v) is 9.29. The Morgan fingerprint density at radius 3 is 2.89 bits per heavy atom. The topological polar surface area (TPSA) is 86.5 Å². The summed E-state index contributed by atoms with van der Waals surface area (Å²) in [6, 6.07) is 8.45. The van der Waals surface area contributed by atoms with Gasteiger partial charge in [0, 0.05) is 31.0 Å². The molecule has 1 aliphatic heterocycles. The van der Waals surface area contributed by atoms with Crippen molar-refractivity contribution in [2.75, 3.05) is 25.6 Å². The summed E-state index contributed by atoms with van der Waals surface area (Å²) in [5, 5.41) is 8.90. The first-order chi connectivity index (χ1) is 13.8. The third-order valence-electron chi connectivity index (χ3n) is 5.07. The molecule has 8 heteroatoms. The monoisotopic (exact) mass is 376 g/mol. The van der Waals surface area contributed by atoms with Crippen LogP contribution in [0.15, 0.2) is 43.0 Å². The highest BCUT2D eigenvalue weighted by atomic mass is 16.5. The fourth-order valence-corrected chi connectivity index (χ4v) is 3.60. The maximum atomic E-state index is 5.40. The van der Waals surface area contributed by atoms with E-state index in [1.165, 1.54) is 6.33 Å². The van der Waals surface area contributed by atoms with Crippen molar-refractivity contribution in [3.05, 3.63) is 43.0 Å². The van der Waals surface area contributed by atoms with E-state index in [4.69, 9.17) is 9.47 Å². The van der Waals surface area contributed by atoms with Crippen molar-refractivity contribution in [1.29, 1.82) is 0 Å². The van der Waals surface area contributed by atoms with Crippen LogP contribution in [0.5, 0.6) is 5.88 Å². The first-order valence-electron chi connectivity index (χ1n) is 9.29. The lowest BCUT2D eigenvalue weighted by Crippen LogP contribution is -2.28. The highest BCUT2D eigenvalue weighted by Crippen LogP contribution is 2.30. The summed E-state index contributed by atoms with van der Waals surface area (Å²) in [6.45, 7) is 1.56. The molecule has 1 N–H and O–H groups in total. The summed E-state index contributed by atoms with van der Waals surface area (Å²) < 4.78 is 12.6. The van der Waals surface area contributed by atoms with Crippen LogP contribution in [0.1, 0.15) is 12.8 Å². The van der Waals surface area contributed by atoms with E-state index in [-0.39, 0.29) is 0 Å². The molecule has 0 saturated carbocycles. The van der Waals surface area contributed by atoms with Crippen molar-refractivity contribution < 1.29 is 9.47 Å². The maximum Gasteiger partial charge on any atom is 0.241 e. The normalized spacial score (nSPS) is 15.2. The van der Waals surface area contributed by atoms with Crippen molar-refractivity contribution in [3.63, 3.8) is 0 Å². The van der Waals surface area contributed by atoms with E-state index in [0.29, 0.717) is 17.9 Å². The van der Waals surface area contributed by atoms with Crippen LogP contribution in [-0.4, -0.2) is 50.9 Å². The first kappa shape index (κ1) is 16.9. The van der Waals surface area contributed by atoms with Crippen LogP contribution in [0, 0.1) is 0 Å². The number of nitrogens with one attached hydrogen (secondary N) is 1. The molecular formula is C20H20N6O2. The van der Waals surface area contributed by atoms with E-state index in [1.54, 1.807) is 7.11 Å². The second-order valence-electron chi connectivity index (χ2n) is 6.79. The Balaban J connectivity index is 1.50. The van der Waals surface area contributed by atoms with E-state index >= 15 is 0 Å². The molecule has 4 aromatic rings. The summed E-state index contributed by atoms with van der Waals surface area (Å²) in [7, 11) is 1.61. The summed E-state index contributed by atoms with van der Waals surface area (Å²) in [6.07, 6.45) is 7.26. The minimum absolute atomic E-state index is 0.356. The Kier molecular flexibility index (Phi) is 4.25. The van der Waals surface area contributed by atoms with Gasteiger partial charge >= 0.3 is 0 Å². The average molecular weight is 376 g/mol. The molecule has 1 aromatic carbocycles. The maximum absolute atomic E-state index is 5.40. The van der Waals surface area contributed by atoms with Crippen LogP contribution in [0.25, 0.3) is 27.5 Å². The van der Waals surface area contributed by atoms with Gasteiger partial charge in [0.25, 0.3) is 0 Å². The number of nitrogens with zero attached hydrogens (tertiary/aromatic N) is 5. The Labute approximate surface area is 161 Å². The lowest BCUT2D eigenvalue weighted by Gasteiger charge is -2.22. The molecule has 142 valence electrons. The Morgan fingerprint density at radius 1 is 1.14 bits per heavy atom. The van der Waals surface area contributed by atoms with Crippen molar-refractivity contribution in [3.8, 4) is 17.0 Å². The van der Waals surface area contributed by atoms with Crippen LogP contribution in [0.3, 0.4) is 0 Å². The second kappa shape index (κ2) is 7.05. The number of methoxy groups -OCH3 is 1. The molecule has 0 bridgehead atoms. The standard InChI is InChI=1S/C20H20N6O2/c1-27-19-16-10-13(2-3-17(16)22-12-23-19)15-4-7-26-18(15)11-21-20(25-26)24-14-5-8-28-9-6-14/h2-4,7,10-12,14H,5-6,8-9H2,1H3,(H,24,25). The van der Waals surface area contributed by atoms with Gasteiger partial charge in [0.1, 0.15) is 6.33 Å². The number of anilines is 1. The van der Waals surface area contributed by atoms with Gasteiger partial charge in [0.2, 0.25) is 11.8 Å². The van der Waals surface area contributed by atoms with E-state index < -0.39 is 0 Å². The fraction of sp³-hybridized carbons (Fsp3) is 0.300. The lowest BCUT2D eigenvalue weighted by molar-refractivity contribution is 0.0903. The third-order valence-corrected chi connectivity index (χ3v) is 5.07. The smallest absolute Gasteiger partial charge is 0.241 e.